The van der Waals surface area contributed by atoms with Crippen LogP contribution in [0.25, 0.3) is 0 Å². The fourth-order valence-electron chi connectivity index (χ4n) is 2.23. The van der Waals surface area contributed by atoms with Gasteiger partial charge in [-0.2, -0.15) is 0 Å². The van der Waals surface area contributed by atoms with Crippen LogP contribution in [0, 0.1) is 13.8 Å². The molecule has 1 heterocycles. The van der Waals surface area contributed by atoms with Crippen LogP contribution in [-0.2, 0) is 9.59 Å². The number of carboxylic acids is 1. The van der Waals surface area contributed by atoms with Crippen LogP contribution in [0.2, 0.25) is 0 Å². The molecule has 1 aromatic carbocycles. The first kappa shape index (κ1) is 12.4. The zero-order chi connectivity index (χ0) is 13.3. The van der Waals surface area contributed by atoms with Crippen molar-refractivity contribution >= 4 is 17.6 Å². The summed E-state index contributed by atoms with van der Waals surface area (Å²) in [6.45, 7) is 4.46. The van der Waals surface area contributed by atoms with E-state index in [2.05, 4.69) is 5.32 Å². The Labute approximate surface area is 105 Å². The molecule has 0 aliphatic carbocycles. The van der Waals surface area contributed by atoms with Crippen LogP contribution in [0.5, 0.6) is 0 Å². The predicted molar refractivity (Wildman–Crippen MR) is 67.7 cm³/mol. The van der Waals surface area contributed by atoms with Crippen molar-refractivity contribution in [3.8, 4) is 0 Å². The van der Waals surface area contributed by atoms with E-state index in [0.29, 0.717) is 6.54 Å². The monoisotopic (exact) mass is 248 g/mol. The Bertz CT molecular complexity index is 499. The van der Waals surface area contributed by atoms with E-state index in [0.717, 1.165) is 16.8 Å². The van der Waals surface area contributed by atoms with Gasteiger partial charge in [-0.15, -0.1) is 0 Å². The smallest absolute Gasteiger partial charge is 0.328 e. The number of carbonyl (C=O) groups is 2. The molecule has 0 aromatic heterocycles. The van der Waals surface area contributed by atoms with Crippen molar-refractivity contribution in [1.82, 2.24) is 5.32 Å². The SMILES string of the molecule is Cc1ccc(N2CC(=O)NC(C(=O)O)C2)c(C)c1. The summed E-state index contributed by atoms with van der Waals surface area (Å²) in [5.74, 6) is -1.26. The Morgan fingerprint density at radius 1 is 1.44 bits per heavy atom. The summed E-state index contributed by atoms with van der Waals surface area (Å²) in [6, 6.07) is 5.08. The molecule has 5 heteroatoms. The van der Waals surface area contributed by atoms with Crippen molar-refractivity contribution in [2.24, 2.45) is 0 Å². The number of piperazine rings is 1. The fourth-order valence-corrected chi connectivity index (χ4v) is 2.23. The van der Waals surface area contributed by atoms with Crippen LogP contribution >= 0.6 is 0 Å². The number of aryl methyl sites for hydroxylation is 2. The Morgan fingerprint density at radius 3 is 2.78 bits per heavy atom. The van der Waals surface area contributed by atoms with Gasteiger partial charge in [-0.3, -0.25) is 4.79 Å². The van der Waals surface area contributed by atoms with Crippen molar-refractivity contribution in [2.45, 2.75) is 19.9 Å². The van der Waals surface area contributed by atoms with Crippen LogP contribution in [0.3, 0.4) is 0 Å². The van der Waals surface area contributed by atoms with Crippen LogP contribution in [0.4, 0.5) is 5.69 Å². The third kappa shape index (κ3) is 2.45. The Morgan fingerprint density at radius 2 is 2.17 bits per heavy atom. The van der Waals surface area contributed by atoms with Crippen LogP contribution in [0.1, 0.15) is 11.1 Å². The molecule has 0 saturated carbocycles. The Hall–Kier alpha value is -2.04. The molecule has 96 valence electrons. The lowest BCUT2D eigenvalue weighted by Gasteiger charge is -2.33. The largest absolute Gasteiger partial charge is 0.480 e. The second-order valence-electron chi connectivity index (χ2n) is 4.63. The molecule has 18 heavy (non-hydrogen) atoms. The molecule has 1 amide bonds. The number of benzene rings is 1. The number of nitrogens with zero attached hydrogens (tertiary/aromatic N) is 1. The normalized spacial score (nSPS) is 19.6. The van der Waals surface area contributed by atoms with E-state index in [1.807, 2.05) is 36.9 Å². The van der Waals surface area contributed by atoms with E-state index >= 15 is 0 Å². The van der Waals surface area contributed by atoms with Gasteiger partial charge in [-0.1, -0.05) is 17.7 Å². The maximum absolute atomic E-state index is 11.5. The van der Waals surface area contributed by atoms with Gasteiger partial charge in [0.2, 0.25) is 5.91 Å². The molecule has 5 nitrogen and oxygen atoms in total. The topological polar surface area (TPSA) is 69.6 Å². The van der Waals surface area contributed by atoms with Gasteiger partial charge in [0.15, 0.2) is 0 Å². The first-order valence-electron chi connectivity index (χ1n) is 5.82. The van der Waals surface area contributed by atoms with E-state index in [9.17, 15) is 9.59 Å². The molecule has 1 saturated heterocycles. The summed E-state index contributed by atoms with van der Waals surface area (Å²) >= 11 is 0. The average Bonchev–Trinajstić information content (AvgIpc) is 2.27. The van der Waals surface area contributed by atoms with Crippen LogP contribution in [0.15, 0.2) is 18.2 Å². The first-order valence-corrected chi connectivity index (χ1v) is 5.82. The average molecular weight is 248 g/mol. The molecule has 1 atom stereocenters. The van der Waals surface area contributed by atoms with Crippen molar-refractivity contribution < 1.29 is 14.7 Å². The second kappa shape index (κ2) is 4.68. The molecular formula is C13H16N2O3. The van der Waals surface area contributed by atoms with E-state index in [-0.39, 0.29) is 12.5 Å². The molecule has 2 rings (SSSR count). The number of hydrogen-bond acceptors (Lipinski definition) is 3. The minimum Gasteiger partial charge on any atom is -0.480 e. The summed E-state index contributed by atoms with van der Waals surface area (Å²) < 4.78 is 0. The number of rotatable bonds is 2. The molecule has 1 aliphatic heterocycles. The van der Waals surface area contributed by atoms with Crippen LogP contribution < -0.4 is 10.2 Å². The quantitative estimate of drug-likeness (QED) is 0.808. The van der Waals surface area contributed by atoms with Crippen molar-refractivity contribution in [3.63, 3.8) is 0 Å². The van der Waals surface area contributed by atoms with Gasteiger partial charge in [0, 0.05) is 12.2 Å². The standard InChI is InChI=1S/C13H16N2O3/c1-8-3-4-11(9(2)5-8)15-6-10(13(17)18)14-12(16)7-15/h3-5,10H,6-7H2,1-2H3,(H,14,16)(H,17,18). The summed E-state index contributed by atoms with van der Waals surface area (Å²) in [5, 5.41) is 11.5. The minimum atomic E-state index is -1.00. The molecule has 1 fully saturated rings. The van der Waals surface area contributed by atoms with Gasteiger partial charge >= 0.3 is 5.97 Å². The van der Waals surface area contributed by atoms with Gasteiger partial charge in [0.1, 0.15) is 6.04 Å². The number of hydrogen-bond donors (Lipinski definition) is 2. The van der Waals surface area contributed by atoms with Gasteiger partial charge < -0.3 is 15.3 Å². The number of amides is 1. The molecule has 0 bridgehead atoms. The van der Waals surface area contributed by atoms with E-state index in [1.165, 1.54) is 0 Å². The highest BCUT2D eigenvalue weighted by Gasteiger charge is 2.29. The number of nitrogens with one attached hydrogen (secondary N) is 1. The third-order valence-electron chi connectivity index (χ3n) is 3.06. The molecule has 2 N–H and O–H groups in total. The summed E-state index contributed by atoms with van der Waals surface area (Å²) in [6.07, 6.45) is 0. The molecule has 1 aromatic rings. The maximum atomic E-state index is 11.5. The lowest BCUT2D eigenvalue weighted by Crippen LogP contribution is -2.57. The van der Waals surface area contributed by atoms with Gasteiger partial charge in [-0.05, 0) is 25.5 Å². The Balaban J connectivity index is 2.26. The zero-order valence-corrected chi connectivity index (χ0v) is 10.4. The Kier molecular flexibility index (Phi) is 3.23. The van der Waals surface area contributed by atoms with Crippen molar-refractivity contribution in [3.05, 3.63) is 29.3 Å². The van der Waals surface area contributed by atoms with Crippen molar-refractivity contribution in [1.29, 1.82) is 0 Å². The number of aliphatic carboxylic acids is 1. The van der Waals surface area contributed by atoms with Gasteiger partial charge in [0.05, 0.1) is 6.54 Å². The lowest BCUT2D eigenvalue weighted by molar-refractivity contribution is -0.142. The highest BCUT2D eigenvalue weighted by molar-refractivity contribution is 5.89. The number of anilines is 1. The van der Waals surface area contributed by atoms with E-state index in [4.69, 9.17) is 5.11 Å². The highest BCUT2D eigenvalue weighted by Crippen LogP contribution is 2.22. The van der Waals surface area contributed by atoms with Crippen LogP contribution in [-0.4, -0.2) is 36.1 Å². The summed E-state index contributed by atoms with van der Waals surface area (Å²) in [4.78, 5) is 24.3. The maximum Gasteiger partial charge on any atom is 0.328 e. The summed E-state index contributed by atoms with van der Waals surface area (Å²) in [7, 11) is 0. The summed E-state index contributed by atoms with van der Waals surface area (Å²) in [5.41, 5.74) is 3.11. The van der Waals surface area contributed by atoms with Gasteiger partial charge in [0.25, 0.3) is 0 Å². The molecule has 1 unspecified atom stereocenters. The predicted octanol–water partition coefficient (Wildman–Crippen LogP) is 0.693. The molecule has 0 radical (unpaired) electrons. The zero-order valence-electron chi connectivity index (χ0n) is 10.4. The minimum absolute atomic E-state index is 0.202. The highest BCUT2D eigenvalue weighted by atomic mass is 16.4. The molecule has 1 aliphatic rings. The number of carbonyl (C=O) groups excluding carboxylic acids is 1. The van der Waals surface area contributed by atoms with E-state index < -0.39 is 12.0 Å². The van der Waals surface area contributed by atoms with Gasteiger partial charge in [-0.25, -0.2) is 4.79 Å². The number of carboxylic acid groups (broad SMARTS) is 1. The first-order chi connectivity index (χ1) is 8.47. The second-order valence-corrected chi connectivity index (χ2v) is 4.63. The fraction of sp³-hybridized carbons (Fsp3) is 0.385. The third-order valence-corrected chi connectivity index (χ3v) is 3.06. The molecular weight excluding hydrogens is 232 g/mol. The van der Waals surface area contributed by atoms with E-state index in [1.54, 1.807) is 0 Å². The lowest BCUT2D eigenvalue weighted by atomic mass is 10.1. The molecule has 0 spiro atoms. The van der Waals surface area contributed by atoms with Crippen molar-refractivity contribution in [2.75, 3.05) is 18.0 Å².